The summed E-state index contributed by atoms with van der Waals surface area (Å²) < 4.78 is 40.7. The van der Waals surface area contributed by atoms with Crippen molar-refractivity contribution in [1.29, 1.82) is 0 Å². The van der Waals surface area contributed by atoms with Crippen LogP contribution in [0, 0.1) is 0 Å². The lowest BCUT2D eigenvalue weighted by atomic mass is 10.1. The first-order chi connectivity index (χ1) is 12.3. The van der Waals surface area contributed by atoms with E-state index in [1.807, 2.05) is 30.3 Å². The molecule has 1 atom stereocenters. The zero-order valence-corrected chi connectivity index (χ0v) is 15.4. The van der Waals surface area contributed by atoms with E-state index < -0.39 is 18.8 Å². The number of hydrogen-bond acceptors (Lipinski definition) is 3. The molecule has 0 fully saturated rings. The molecule has 0 heterocycles. The zero-order chi connectivity index (χ0) is 19.0. The Labute approximate surface area is 162 Å². The largest absolute Gasteiger partial charge is 0.411 e. The standard InChI is InChI=1S/C19H21F3N2O2.ClH/c20-19(21,22)13-26-12-16-8-6-15(7-9-16)11-24-18(25)17(23)10-14-4-2-1-3-5-14;/h1-9,17H,10-13,23H2,(H,24,25);1H. The summed E-state index contributed by atoms with van der Waals surface area (Å²) in [6, 6.07) is 15.6. The van der Waals surface area contributed by atoms with Gasteiger partial charge in [-0.2, -0.15) is 13.2 Å². The molecule has 27 heavy (non-hydrogen) atoms. The smallest absolute Gasteiger partial charge is 0.367 e. The molecule has 148 valence electrons. The van der Waals surface area contributed by atoms with Crippen molar-refractivity contribution < 1.29 is 22.7 Å². The number of benzene rings is 2. The van der Waals surface area contributed by atoms with Crippen molar-refractivity contribution in [2.45, 2.75) is 31.8 Å². The van der Waals surface area contributed by atoms with Crippen molar-refractivity contribution in [3.63, 3.8) is 0 Å². The Morgan fingerprint density at radius 2 is 1.59 bits per heavy atom. The summed E-state index contributed by atoms with van der Waals surface area (Å²) in [7, 11) is 0. The van der Waals surface area contributed by atoms with Gasteiger partial charge in [0.05, 0.1) is 12.6 Å². The lowest BCUT2D eigenvalue weighted by Crippen LogP contribution is -2.41. The predicted molar refractivity (Wildman–Crippen MR) is 99.4 cm³/mol. The lowest BCUT2D eigenvalue weighted by Gasteiger charge is -2.13. The molecule has 2 aromatic carbocycles. The van der Waals surface area contributed by atoms with Gasteiger partial charge < -0.3 is 15.8 Å². The maximum absolute atomic E-state index is 12.1. The highest BCUT2D eigenvalue weighted by Crippen LogP contribution is 2.15. The Bertz CT molecular complexity index is 694. The number of nitrogens with two attached hydrogens (primary N) is 1. The molecule has 0 spiro atoms. The SMILES string of the molecule is Cl.NC(Cc1ccccc1)C(=O)NCc1ccc(COCC(F)(F)F)cc1. The third-order valence-corrected chi connectivity index (χ3v) is 3.66. The van der Waals surface area contributed by atoms with Gasteiger partial charge in [-0.1, -0.05) is 54.6 Å². The zero-order valence-electron chi connectivity index (χ0n) is 14.5. The van der Waals surface area contributed by atoms with Crippen LogP contribution in [0.4, 0.5) is 13.2 Å². The minimum absolute atomic E-state index is 0. The highest BCUT2D eigenvalue weighted by atomic mass is 35.5. The van der Waals surface area contributed by atoms with Gasteiger partial charge in [0.2, 0.25) is 5.91 Å². The number of amides is 1. The summed E-state index contributed by atoms with van der Waals surface area (Å²) in [5, 5.41) is 2.76. The maximum atomic E-state index is 12.1. The fraction of sp³-hybridized carbons (Fsp3) is 0.316. The molecule has 4 nitrogen and oxygen atoms in total. The number of nitrogens with one attached hydrogen (secondary N) is 1. The molecule has 3 N–H and O–H groups in total. The third-order valence-electron chi connectivity index (χ3n) is 3.66. The second-order valence-electron chi connectivity index (χ2n) is 5.94. The average molecular weight is 403 g/mol. The van der Waals surface area contributed by atoms with Gasteiger partial charge in [0, 0.05) is 6.54 Å². The van der Waals surface area contributed by atoms with Crippen LogP contribution < -0.4 is 11.1 Å². The van der Waals surface area contributed by atoms with E-state index in [0.717, 1.165) is 11.1 Å². The highest BCUT2D eigenvalue weighted by Gasteiger charge is 2.27. The number of carbonyl (C=O) groups is 1. The van der Waals surface area contributed by atoms with Gasteiger partial charge in [-0.25, -0.2) is 0 Å². The first-order valence-corrected chi connectivity index (χ1v) is 8.13. The molecule has 2 rings (SSSR count). The Morgan fingerprint density at radius 3 is 2.19 bits per heavy atom. The van der Waals surface area contributed by atoms with Crippen LogP contribution >= 0.6 is 12.4 Å². The van der Waals surface area contributed by atoms with Crippen LogP contribution in [0.25, 0.3) is 0 Å². The molecule has 1 unspecified atom stereocenters. The van der Waals surface area contributed by atoms with Crippen LogP contribution in [-0.4, -0.2) is 24.7 Å². The van der Waals surface area contributed by atoms with E-state index in [4.69, 9.17) is 5.73 Å². The van der Waals surface area contributed by atoms with Gasteiger partial charge in [-0.15, -0.1) is 12.4 Å². The van der Waals surface area contributed by atoms with Crippen LogP contribution in [0.1, 0.15) is 16.7 Å². The molecular weight excluding hydrogens is 381 g/mol. The van der Waals surface area contributed by atoms with Crippen LogP contribution in [-0.2, 0) is 29.1 Å². The van der Waals surface area contributed by atoms with E-state index in [1.165, 1.54) is 0 Å². The molecule has 0 aromatic heterocycles. The van der Waals surface area contributed by atoms with Crippen LogP contribution in [0.15, 0.2) is 54.6 Å². The molecule has 0 radical (unpaired) electrons. The molecule has 0 aliphatic heterocycles. The maximum Gasteiger partial charge on any atom is 0.411 e. The van der Waals surface area contributed by atoms with E-state index in [1.54, 1.807) is 24.3 Å². The summed E-state index contributed by atoms with van der Waals surface area (Å²) in [6.07, 6.45) is -3.88. The number of halogens is 4. The third kappa shape index (κ3) is 8.90. The van der Waals surface area contributed by atoms with Gasteiger partial charge in [0.1, 0.15) is 6.61 Å². The van der Waals surface area contributed by atoms with Crippen molar-refractivity contribution in [3.8, 4) is 0 Å². The van der Waals surface area contributed by atoms with E-state index in [2.05, 4.69) is 10.1 Å². The average Bonchev–Trinajstić information content (AvgIpc) is 2.60. The number of rotatable bonds is 8. The van der Waals surface area contributed by atoms with Crippen LogP contribution in [0.2, 0.25) is 0 Å². The molecule has 0 aliphatic carbocycles. The van der Waals surface area contributed by atoms with Crippen molar-refractivity contribution in [1.82, 2.24) is 5.32 Å². The molecule has 0 bridgehead atoms. The van der Waals surface area contributed by atoms with Crippen molar-refractivity contribution in [2.24, 2.45) is 5.73 Å². The molecule has 0 aliphatic rings. The molecule has 0 saturated heterocycles. The first kappa shape index (κ1) is 23.0. The summed E-state index contributed by atoms with van der Waals surface area (Å²) in [5.74, 6) is -0.258. The topological polar surface area (TPSA) is 64.4 Å². The number of alkyl halides is 3. The van der Waals surface area contributed by atoms with Crippen molar-refractivity contribution in [2.75, 3.05) is 6.61 Å². The number of carbonyl (C=O) groups excluding carboxylic acids is 1. The summed E-state index contributed by atoms with van der Waals surface area (Å²) >= 11 is 0. The quantitative estimate of drug-likeness (QED) is 0.711. The monoisotopic (exact) mass is 402 g/mol. The molecular formula is C19H22ClF3N2O2. The van der Waals surface area contributed by atoms with Crippen molar-refractivity contribution in [3.05, 3.63) is 71.3 Å². The Kier molecular flexibility index (Phi) is 9.28. The number of ether oxygens (including phenoxy) is 1. The Hall–Kier alpha value is -2.09. The van der Waals surface area contributed by atoms with Gasteiger partial charge in [0.15, 0.2) is 0 Å². The van der Waals surface area contributed by atoms with Gasteiger partial charge in [-0.3, -0.25) is 4.79 Å². The van der Waals surface area contributed by atoms with Crippen LogP contribution in [0.3, 0.4) is 0 Å². The summed E-state index contributed by atoms with van der Waals surface area (Å²) in [4.78, 5) is 12.1. The fourth-order valence-electron chi connectivity index (χ4n) is 2.32. The summed E-state index contributed by atoms with van der Waals surface area (Å²) in [6.45, 7) is -1.09. The minimum Gasteiger partial charge on any atom is -0.367 e. The summed E-state index contributed by atoms with van der Waals surface area (Å²) in [5.41, 5.74) is 8.35. The van der Waals surface area contributed by atoms with E-state index in [0.29, 0.717) is 18.5 Å². The van der Waals surface area contributed by atoms with E-state index >= 15 is 0 Å². The normalized spacial score (nSPS) is 12.1. The first-order valence-electron chi connectivity index (χ1n) is 8.13. The molecule has 1 amide bonds. The molecule has 8 heteroatoms. The van der Waals surface area contributed by atoms with E-state index in [9.17, 15) is 18.0 Å². The lowest BCUT2D eigenvalue weighted by molar-refractivity contribution is -0.176. The van der Waals surface area contributed by atoms with E-state index in [-0.39, 0.29) is 24.9 Å². The second-order valence-corrected chi connectivity index (χ2v) is 5.94. The van der Waals surface area contributed by atoms with Gasteiger partial charge in [-0.05, 0) is 23.1 Å². The molecule has 0 saturated carbocycles. The number of hydrogen-bond donors (Lipinski definition) is 2. The minimum atomic E-state index is -4.33. The van der Waals surface area contributed by atoms with Crippen molar-refractivity contribution >= 4 is 18.3 Å². The highest BCUT2D eigenvalue weighted by molar-refractivity contribution is 5.85. The second kappa shape index (κ2) is 10.9. The Balaban J connectivity index is 0.00000364. The predicted octanol–water partition coefficient (Wildman–Crippen LogP) is 3.37. The fourth-order valence-corrected chi connectivity index (χ4v) is 2.32. The van der Waals surface area contributed by atoms with Gasteiger partial charge in [0.25, 0.3) is 0 Å². The van der Waals surface area contributed by atoms with Gasteiger partial charge >= 0.3 is 6.18 Å². The Morgan fingerprint density at radius 1 is 1.00 bits per heavy atom. The van der Waals surface area contributed by atoms with Crippen LogP contribution in [0.5, 0.6) is 0 Å². The molecule has 2 aromatic rings.